The number of hydrogen-bond donors (Lipinski definition) is 4. The van der Waals surface area contributed by atoms with Gasteiger partial charge in [0.05, 0.1) is 11.9 Å². The number of hydrazine groups is 1. The Balaban J connectivity index is 1.57. The fraction of sp³-hybridized carbons (Fsp3) is 0.0556. The van der Waals surface area contributed by atoms with Crippen molar-refractivity contribution in [3.8, 4) is 0 Å². The second-order valence-electron chi connectivity index (χ2n) is 5.64. The van der Waals surface area contributed by atoms with Crippen molar-refractivity contribution in [3.05, 3.63) is 76.0 Å². The average molecular weight is 383 g/mol. The Kier molecular flexibility index (Phi) is 5.40. The van der Waals surface area contributed by atoms with Crippen molar-refractivity contribution in [2.24, 2.45) is 0 Å². The highest BCUT2D eigenvalue weighted by Gasteiger charge is 2.15. The van der Waals surface area contributed by atoms with Crippen LogP contribution in [0.25, 0.3) is 10.8 Å². The molecule has 3 aromatic rings. The molecule has 0 atom stereocenters. The minimum atomic E-state index is -0.745. The van der Waals surface area contributed by atoms with Crippen molar-refractivity contribution in [1.29, 1.82) is 0 Å². The van der Waals surface area contributed by atoms with Crippen molar-refractivity contribution >= 4 is 28.5 Å². The number of carbonyl (C=O) groups is 3. The number of benzene rings is 2. The number of hydrogen-bond acceptors (Lipinski definition) is 5. The zero-order chi connectivity index (χ0) is 20.1. The molecule has 0 aliphatic carbocycles. The highest BCUT2D eigenvalue weighted by atomic mass is 19.1. The highest BCUT2D eigenvalue weighted by Crippen LogP contribution is 2.11. The van der Waals surface area contributed by atoms with E-state index in [4.69, 9.17) is 0 Å². The molecule has 3 rings (SSSR count). The summed E-state index contributed by atoms with van der Waals surface area (Å²) in [6, 6.07) is 11.2. The summed E-state index contributed by atoms with van der Waals surface area (Å²) in [5, 5.41) is 8.85. The Bertz CT molecular complexity index is 1110. The SMILES string of the molecule is O=C(CNC(=O)c1ccc(F)cc1)NNC(=O)c1n[nH]c(=O)c2ccccc12. The standard InChI is InChI=1S/C18H14FN5O4/c19-11-7-5-10(6-8-11)16(26)20-9-14(25)21-24-18(28)15-12-3-1-2-4-13(12)17(27)23-22-15/h1-8H,9H2,(H,20,26)(H,21,25)(H,23,27)(H,24,28). The van der Waals surface area contributed by atoms with Crippen molar-refractivity contribution < 1.29 is 18.8 Å². The maximum atomic E-state index is 12.8. The van der Waals surface area contributed by atoms with E-state index >= 15 is 0 Å². The molecule has 0 aliphatic rings. The van der Waals surface area contributed by atoms with Crippen LogP contribution in [0, 0.1) is 5.82 Å². The highest BCUT2D eigenvalue weighted by molar-refractivity contribution is 6.05. The van der Waals surface area contributed by atoms with E-state index in [9.17, 15) is 23.6 Å². The van der Waals surface area contributed by atoms with E-state index in [2.05, 4.69) is 26.4 Å². The van der Waals surface area contributed by atoms with Gasteiger partial charge in [0.2, 0.25) is 0 Å². The van der Waals surface area contributed by atoms with E-state index in [1.54, 1.807) is 18.2 Å². The first-order chi connectivity index (χ1) is 13.5. The Morgan fingerprint density at radius 1 is 0.929 bits per heavy atom. The summed E-state index contributed by atoms with van der Waals surface area (Å²) >= 11 is 0. The first-order valence-corrected chi connectivity index (χ1v) is 8.06. The van der Waals surface area contributed by atoms with Crippen LogP contribution in [0.3, 0.4) is 0 Å². The van der Waals surface area contributed by atoms with Gasteiger partial charge in [-0.05, 0) is 30.3 Å². The van der Waals surface area contributed by atoms with Gasteiger partial charge >= 0.3 is 0 Å². The maximum Gasteiger partial charge on any atom is 0.290 e. The molecule has 0 aliphatic heterocycles. The molecule has 0 saturated carbocycles. The van der Waals surface area contributed by atoms with Gasteiger partial charge in [-0.15, -0.1) is 0 Å². The average Bonchev–Trinajstić information content (AvgIpc) is 2.71. The lowest BCUT2D eigenvalue weighted by molar-refractivity contribution is -0.120. The zero-order valence-corrected chi connectivity index (χ0v) is 14.3. The van der Waals surface area contributed by atoms with Crippen LogP contribution in [0.15, 0.2) is 53.3 Å². The van der Waals surface area contributed by atoms with Crippen LogP contribution in [0.4, 0.5) is 4.39 Å². The molecule has 2 aromatic carbocycles. The van der Waals surface area contributed by atoms with Crippen molar-refractivity contribution in [1.82, 2.24) is 26.4 Å². The lowest BCUT2D eigenvalue weighted by Gasteiger charge is -2.09. The van der Waals surface area contributed by atoms with Gasteiger partial charge in [-0.25, -0.2) is 9.49 Å². The predicted molar refractivity (Wildman–Crippen MR) is 96.7 cm³/mol. The third-order valence-electron chi connectivity index (χ3n) is 3.74. The van der Waals surface area contributed by atoms with E-state index < -0.39 is 35.6 Å². The summed E-state index contributed by atoms with van der Waals surface area (Å²) in [5.74, 6) is -2.50. The van der Waals surface area contributed by atoms with E-state index in [0.29, 0.717) is 5.39 Å². The summed E-state index contributed by atoms with van der Waals surface area (Å²) in [5.41, 5.74) is 3.95. The van der Waals surface area contributed by atoms with E-state index in [1.807, 2.05) is 0 Å². The Morgan fingerprint density at radius 3 is 2.32 bits per heavy atom. The fourth-order valence-electron chi connectivity index (χ4n) is 2.38. The Hall–Kier alpha value is -4.08. The smallest absolute Gasteiger partial charge is 0.290 e. The molecule has 0 fully saturated rings. The molecule has 142 valence electrons. The normalized spacial score (nSPS) is 10.3. The fourth-order valence-corrected chi connectivity index (χ4v) is 2.38. The number of aromatic nitrogens is 2. The molecule has 3 amide bonds. The molecule has 9 nitrogen and oxygen atoms in total. The summed E-state index contributed by atoms with van der Waals surface area (Å²) in [7, 11) is 0. The lowest BCUT2D eigenvalue weighted by atomic mass is 10.1. The number of H-pyrrole nitrogens is 1. The number of amides is 3. The topological polar surface area (TPSA) is 133 Å². The summed E-state index contributed by atoms with van der Waals surface area (Å²) in [6.07, 6.45) is 0. The van der Waals surface area contributed by atoms with Gasteiger partial charge in [-0.1, -0.05) is 18.2 Å². The Morgan fingerprint density at radius 2 is 1.61 bits per heavy atom. The van der Waals surface area contributed by atoms with Crippen molar-refractivity contribution in [2.75, 3.05) is 6.54 Å². The van der Waals surface area contributed by atoms with Gasteiger partial charge in [0.25, 0.3) is 23.3 Å². The Labute approximate surface area is 156 Å². The van der Waals surface area contributed by atoms with Gasteiger partial charge in [-0.3, -0.25) is 30.0 Å². The van der Waals surface area contributed by atoms with Gasteiger partial charge < -0.3 is 5.32 Å². The van der Waals surface area contributed by atoms with Gasteiger partial charge in [0.15, 0.2) is 5.69 Å². The third kappa shape index (κ3) is 4.18. The van der Waals surface area contributed by atoms with Crippen LogP contribution >= 0.6 is 0 Å². The van der Waals surface area contributed by atoms with Crippen molar-refractivity contribution in [2.45, 2.75) is 0 Å². The summed E-state index contributed by atoms with van der Waals surface area (Å²) in [4.78, 5) is 47.6. The number of halogens is 1. The molecular formula is C18H14FN5O4. The molecule has 1 heterocycles. The number of carbonyl (C=O) groups excluding carboxylic acids is 3. The molecule has 4 N–H and O–H groups in total. The van der Waals surface area contributed by atoms with Gasteiger partial charge in [0, 0.05) is 10.9 Å². The molecule has 1 aromatic heterocycles. The molecular weight excluding hydrogens is 369 g/mol. The summed E-state index contributed by atoms with van der Waals surface area (Å²) < 4.78 is 12.8. The van der Waals surface area contributed by atoms with E-state index in [-0.39, 0.29) is 16.6 Å². The molecule has 0 spiro atoms. The number of aromatic amines is 1. The molecule has 28 heavy (non-hydrogen) atoms. The van der Waals surface area contributed by atoms with Gasteiger partial charge in [0.1, 0.15) is 5.82 Å². The first kappa shape index (κ1) is 18.7. The molecule has 10 heteroatoms. The monoisotopic (exact) mass is 383 g/mol. The van der Waals surface area contributed by atoms with E-state index in [1.165, 1.54) is 18.2 Å². The number of fused-ring (bicyclic) bond motifs is 1. The lowest BCUT2D eigenvalue weighted by Crippen LogP contribution is -2.46. The first-order valence-electron chi connectivity index (χ1n) is 8.06. The predicted octanol–water partition coefficient (Wildman–Crippen LogP) is 0.253. The molecule has 0 unspecified atom stereocenters. The van der Waals surface area contributed by atoms with Crippen LogP contribution < -0.4 is 21.7 Å². The van der Waals surface area contributed by atoms with E-state index in [0.717, 1.165) is 12.1 Å². The zero-order valence-electron chi connectivity index (χ0n) is 14.3. The van der Waals surface area contributed by atoms with Crippen LogP contribution in [-0.2, 0) is 4.79 Å². The largest absolute Gasteiger partial charge is 0.343 e. The minimum absolute atomic E-state index is 0.0779. The van der Waals surface area contributed by atoms with Gasteiger partial charge in [-0.2, -0.15) is 5.10 Å². The number of nitrogens with one attached hydrogen (secondary N) is 4. The van der Waals surface area contributed by atoms with Crippen LogP contribution in [0.5, 0.6) is 0 Å². The minimum Gasteiger partial charge on any atom is -0.343 e. The van der Waals surface area contributed by atoms with Crippen molar-refractivity contribution in [3.63, 3.8) is 0 Å². The second-order valence-corrected chi connectivity index (χ2v) is 5.64. The maximum absolute atomic E-state index is 12.8. The summed E-state index contributed by atoms with van der Waals surface area (Å²) in [6.45, 7) is -0.420. The second kappa shape index (κ2) is 8.08. The molecule has 0 bridgehead atoms. The van der Waals surface area contributed by atoms with Crippen LogP contribution in [-0.4, -0.2) is 34.5 Å². The number of nitrogens with zero attached hydrogens (tertiary/aromatic N) is 1. The quantitative estimate of drug-likeness (QED) is 0.480. The third-order valence-corrected chi connectivity index (χ3v) is 3.74. The molecule has 0 saturated heterocycles. The van der Waals surface area contributed by atoms with Crippen LogP contribution in [0.2, 0.25) is 0 Å². The molecule has 0 radical (unpaired) electrons. The number of rotatable bonds is 4. The van der Waals surface area contributed by atoms with Crippen LogP contribution in [0.1, 0.15) is 20.8 Å².